The average Bonchev–Trinajstić information content (AvgIpc) is 2.94. The third kappa shape index (κ3) is 1.95. The minimum atomic E-state index is -0.289. The number of carbonyl (C=O) groups excluding carboxylic acids is 1. The predicted molar refractivity (Wildman–Crippen MR) is 72.9 cm³/mol. The topological polar surface area (TPSA) is 43.6 Å². The van der Waals surface area contributed by atoms with E-state index in [1.165, 1.54) is 0 Å². The molecule has 0 fully saturated rings. The Hall–Kier alpha value is -2.36. The minimum absolute atomic E-state index is 0.177. The van der Waals surface area contributed by atoms with Crippen molar-refractivity contribution >= 4 is 12.5 Å². The molecule has 2 aromatic rings. The van der Waals surface area contributed by atoms with Crippen molar-refractivity contribution in [3.63, 3.8) is 0 Å². The summed E-state index contributed by atoms with van der Waals surface area (Å²) in [6, 6.07) is 11.1. The molecule has 4 heteroatoms. The Morgan fingerprint density at radius 2 is 2.05 bits per heavy atom. The molecule has 4 nitrogen and oxygen atoms in total. The number of aldehydes is 1. The second-order valence-electron chi connectivity index (χ2n) is 4.46. The largest absolute Gasteiger partial charge is 0.497 e. The van der Waals surface area contributed by atoms with Gasteiger partial charge in [-0.25, -0.2) is 0 Å². The third-order valence-corrected chi connectivity index (χ3v) is 3.42. The van der Waals surface area contributed by atoms with Gasteiger partial charge >= 0.3 is 0 Å². The van der Waals surface area contributed by atoms with E-state index in [1.807, 2.05) is 53.4 Å². The number of ether oxygens (including phenoxy) is 1. The number of methoxy groups -OCH3 is 1. The van der Waals surface area contributed by atoms with E-state index in [1.54, 1.807) is 7.11 Å². The first-order valence-corrected chi connectivity index (χ1v) is 6.13. The summed E-state index contributed by atoms with van der Waals surface area (Å²) in [6.07, 6.45) is 4.68. The molecule has 0 radical (unpaired) electrons. The maximum atomic E-state index is 11.4. The Morgan fingerprint density at radius 3 is 2.74 bits per heavy atom. The second kappa shape index (κ2) is 4.72. The van der Waals surface area contributed by atoms with Crippen LogP contribution in [-0.2, 0) is 4.79 Å². The summed E-state index contributed by atoms with van der Waals surface area (Å²) < 4.78 is 7.09. The molecule has 3 rings (SSSR count). The fourth-order valence-corrected chi connectivity index (χ4v) is 2.41. The van der Waals surface area contributed by atoms with Gasteiger partial charge in [0.15, 0.2) is 0 Å². The van der Waals surface area contributed by atoms with Crippen LogP contribution >= 0.6 is 0 Å². The molecule has 96 valence electrons. The highest BCUT2D eigenvalue weighted by Crippen LogP contribution is 2.33. The molecule has 1 aromatic carbocycles. The van der Waals surface area contributed by atoms with Crippen molar-refractivity contribution in [2.75, 3.05) is 7.11 Å². The number of nitrogens with zero attached hydrogens (tertiary/aromatic N) is 2. The first-order chi connectivity index (χ1) is 9.33. The molecular formula is C15H14N2O2. The van der Waals surface area contributed by atoms with Gasteiger partial charge in [-0.3, -0.25) is 4.99 Å². The number of hydrogen-bond acceptors (Lipinski definition) is 3. The molecule has 19 heavy (non-hydrogen) atoms. The minimum Gasteiger partial charge on any atom is -0.497 e. The Balaban J connectivity index is 1.98. The molecule has 1 aliphatic heterocycles. The Kier molecular flexibility index (Phi) is 2.91. The highest BCUT2D eigenvalue weighted by Gasteiger charge is 2.27. The molecule has 0 spiro atoms. The SMILES string of the molecule is COc1ccc([C@H]2N=Cc3cccn3[C@@H]2C=O)cc1. The van der Waals surface area contributed by atoms with Gasteiger partial charge in [-0.15, -0.1) is 0 Å². The zero-order chi connectivity index (χ0) is 13.2. The molecule has 0 unspecified atom stereocenters. The molecule has 0 aliphatic carbocycles. The molecule has 0 bridgehead atoms. The maximum absolute atomic E-state index is 11.4. The number of aromatic nitrogens is 1. The van der Waals surface area contributed by atoms with E-state index in [0.717, 1.165) is 23.3 Å². The highest BCUT2D eigenvalue weighted by atomic mass is 16.5. The van der Waals surface area contributed by atoms with Crippen LogP contribution in [-0.4, -0.2) is 24.2 Å². The van der Waals surface area contributed by atoms with Crippen molar-refractivity contribution in [2.24, 2.45) is 4.99 Å². The number of hydrogen-bond donors (Lipinski definition) is 0. The summed E-state index contributed by atoms with van der Waals surface area (Å²) in [7, 11) is 1.63. The van der Waals surface area contributed by atoms with Crippen molar-refractivity contribution in [1.82, 2.24) is 4.57 Å². The van der Waals surface area contributed by atoms with Crippen molar-refractivity contribution < 1.29 is 9.53 Å². The van der Waals surface area contributed by atoms with Gasteiger partial charge in [0.25, 0.3) is 0 Å². The standard InChI is InChI=1S/C15H14N2O2/c1-19-13-6-4-11(5-7-13)15-14(10-18)17-8-2-3-12(17)9-16-15/h2-10,14-15H,1H3/t14-,15-/m1/s1. The van der Waals surface area contributed by atoms with Gasteiger partial charge in [-0.2, -0.15) is 0 Å². The van der Waals surface area contributed by atoms with Crippen LogP contribution in [0, 0.1) is 0 Å². The fourth-order valence-electron chi connectivity index (χ4n) is 2.41. The number of rotatable bonds is 3. The van der Waals surface area contributed by atoms with E-state index >= 15 is 0 Å². The van der Waals surface area contributed by atoms with Crippen molar-refractivity contribution in [3.8, 4) is 5.75 Å². The van der Waals surface area contributed by atoms with Gasteiger partial charge in [-0.1, -0.05) is 12.1 Å². The molecule has 0 saturated carbocycles. The van der Waals surface area contributed by atoms with Crippen molar-refractivity contribution in [2.45, 2.75) is 12.1 Å². The van der Waals surface area contributed by atoms with Crippen LogP contribution < -0.4 is 4.74 Å². The molecule has 2 atom stereocenters. The molecule has 1 aliphatic rings. The van der Waals surface area contributed by atoms with Gasteiger partial charge in [0.05, 0.1) is 12.8 Å². The average molecular weight is 254 g/mol. The van der Waals surface area contributed by atoms with E-state index in [4.69, 9.17) is 4.74 Å². The van der Waals surface area contributed by atoms with E-state index in [9.17, 15) is 4.79 Å². The lowest BCUT2D eigenvalue weighted by Gasteiger charge is -2.26. The van der Waals surface area contributed by atoms with Crippen molar-refractivity contribution in [1.29, 1.82) is 0 Å². The Morgan fingerprint density at radius 1 is 1.26 bits per heavy atom. The van der Waals surface area contributed by atoms with Gasteiger partial charge < -0.3 is 14.1 Å². The van der Waals surface area contributed by atoms with Gasteiger partial charge in [0.1, 0.15) is 24.1 Å². The normalized spacial score (nSPS) is 20.9. The van der Waals surface area contributed by atoms with Crippen LogP contribution in [0.4, 0.5) is 0 Å². The van der Waals surface area contributed by atoms with E-state index in [2.05, 4.69) is 4.99 Å². The monoisotopic (exact) mass is 254 g/mol. The van der Waals surface area contributed by atoms with E-state index in [-0.39, 0.29) is 12.1 Å². The lowest BCUT2D eigenvalue weighted by molar-refractivity contribution is -0.111. The lowest BCUT2D eigenvalue weighted by atomic mass is 9.99. The molecule has 0 saturated heterocycles. The molecule has 0 amide bonds. The molecule has 0 N–H and O–H groups in total. The summed E-state index contributed by atoms with van der Waals surface area (Å²) >= 11 is 0. The summed E-state index contributed by atoms with van der Waals surface area (Å²) in [5.74, 6) is 0.799. The van der Waals surface area contributed by atoms with Crippen LogP contribution in [0.25, 0.3) is 0 Å². The number of carbonyl (C=O) groups is 1. The first kappa shape index (κ1) is 11.7. The second-order valence-corrected chi connectivity index (χ2v) is 4.46. The Bertz CT molecular complexity index is 613. The quantitative estimate of drug-likeness (QED) is 0.789. The van der Waals surface area contributed by atoms with Crippen LogP contribution in [0.1, 0.15) is 23.3 Å². The fraction of sp³-hybridized carbons (Fsp3) is 0.200. The number of aliphatic imine (C=N–C) groups is 1. The molecular weight excluding hydrogens is 240 g/mol. The zero-order valence-corrected chi connectivity index (χ0v) is 10.6. The smallest absolute Gasteiger partial charge is 0.145 e. The highest BCUT2D eigenvalue weighted by molar-refractivity contribution is 5.80. The van der Waals surface area contributed by atoms with Gasteiger partial charge in [0.2, 0.25) is 0 Å². The van der Waals surface area contributed by atoms with Crippen LogP contribution in [0.2, 0.25) is 0 Å². The van der Waals surface area contributed by atoms with Crippen molar-refractivity contribution in [3.05, 3.63) is 53.9 Å². The summed E-state index contributed by atoms with van der Waals surface area (Å²) in [5, 5.41) is 0. The predicted octanol–water partition coefficient (Wildman–Crippen LogP) is 2.41. The maximum Gasteiger partial charge on any atom is 0.145 e. The van der Waals surface area contributed by atoms with Gasteiger partial charge in [0, 0.05) is 12.4 Å². The van der Waals surface area contributed by atoms with Crippen LogP contribution in [0.5, 0.6) is 5.75 Å². The summed E-state index contributed by atoms with van der Waals surface area (Å²) in [5.41, 5.74) is 1.97. The zero-order valence-electron chi connectivity index (χ0n) is 10.6. The Labute approximate surface area is 111 Å². The summed E-state index contributed by atoms with van der Waals surface area (Å²) in [6.45, 7) is 0. The molecule has 1 aromatic heterocycles. The summed E-state index contributed by atoms with van der Waals surface area (Å²) in [4.78, 5) is 15.9. The number of fused-ring (bicyclic) bond motifs is 1. The third-order valence-electron chi connectivity index (χ3n) is 3.42. The van der Waals surface area contributed by atoms with Gasteiger partial charge in [-0.05, 0) is 29.8 Å². The molecule has 2 heterocycles. The van der Waals surface area contributed by atoms with Crippen LogP contribution in [0.15, 0.2) is 47.6 Å². The lowest BCUT2D eigenvalue weighted by Crippen LogP contribution is -2.23. The number of benzene rings is 1. The van der Waals surface area contributed by atoms with Crippen LogP contribution in [0.3, 0.4) is 0 Å². The first-order valence-electron chi connectivity index (χ1n) is 6.13. The van der Waals surface area contributed by atoms with E-state index in [0.29, 0.717) is 0 Å². The van der Waals surface area contributed by atoms with E-state index < -0.39 is 0 Å².